The van der Waals surface area contributed by atoms with Crippen LogP contribution in [0.5, 0.6) is 0 Å². The molecule has 7 heteroatoms. The van der Waals surface area contributed by atoms with Crippen LogP contribution in [0.25, 0.3) is 22.9 Å². The smallest absolute Gasteiger partial charge is 0.675 e. The average Bonchev–Trinajstić information content (AvgIpc) is 1.79. The third-order valence-electron chi connectivity index (χ3n) is 1.41. The Kier molecular flexibility index (Phi) is 33.7. The molecule has 0 spiro atoms. The van der Waals surface area contributed by atoms with Gasteiger partial charge in [0, 0.05) is 0 Å². The van der Waals surface area contributed by atoms with Crippen molar-refractivity contribution in [3.63, 3.8) is 0 Å². The zero-order valence-electron chi connectivity index (χ0n) is 11.5. The third-order valence-corrected chi connectivity index (χ3v) is 1.41. The molecule has 112 valence electrons. The maximum absolute atomic E-state index is 6.99. The summed E-state index contributed by atoms with van der Waals surface area (Å²) in [5.41, 5.74) is 28.0. The van der Waals surface area contributed by atoms with E-state index in [0.29, 0.717) is 12.8 Å². The Balaban J connectivity index is -0.0000000480. The van der Waals surface area contributed by atoms with Gasteiger partial charge >= 0.3 is 21.1 Å². The molecule has 4 unspecified atom stereocenters. The van der Waals surface area contributed by atoms with E-state index in [2.05, 4.69) is 0 Å². The van der Waals surface area contributed by atoms with Crippen LogP contribution >= 0.6 is 0 Å². The third kappa shape index (κ3) is 48.1. The zero-order valence-corrected chi connectivity index (χ0v) is 13.7. The first kappa shape index (κ1) is 30.5. The minimum atomic E-state index is -0.0625. The van der Waals surface area contributed by atoms with E-state index >= 15 is 0 Å². The quantitative estimate of drug-likeness (QED) is 0.653. The van der Waals surface area contributed by atoms with Crippen molar-refractivity contribution in [2.45, 2.75) is 64.7 Å². The van der Waals surface area contributed by atoms with Crippen molar-refractivity contribution in [3.8, 4) is 0 Å². The van der Waals surface area contributed by atoms with Crippen LogP contribution < -0.4 is 12.3 Å². The molecule has 0 aliphatic heterocycles. The standard InChI is InChI=1S/2C5H12N2.2H3N.Pt/c2*1-4(6)3-5(2)7;;;/h2*4-7H,3H2,1-2H3;2*1H3;/q2*-2;;;+2. The van der Waals surface area contributed by atoms with Crippen LogP contribution in [0.2, 0.25) is 0 Å². The van der Waals surface area contributed by atoms with Crippen LogP contribution in [0.4, 0.5) is 0 Å². The van der Waals surface area contributed by atoms with E-state index in [1.54, 1.807) is 0 Å². The summed E-state index contributed by atoms with van der Waals surface area (Å²) in [5.74, 6) is 0. The molecule has 0 saturated heterocycles. The number of hydrogen-bond donors (Lipinski definition) is 2. The minimum Gasteiger partial charge on any atom is -0.675 e. The Hall–Kier alpha value is 0.448. The van der Waals surface area contributed by atoms with Gasteiger partial charge in [0.2, 0.25) is 0 Å². The van der Waals surface area contributed by atoms with Gasteiger partial charge in [0.05, 0.1) is 0 Å². The van der Waals surface area contributed by atoms with Crippen LogP contribution in [0.1, 0.15) is 40.5 Å². The van der Waals surface area contributed by atoms with Crippen molar-refractivity contribution in [2.75, 3.05) is 0 Å². The van der Waals surface area contributed by atoms with E-state index < -0.39 is 0 Å². The molecule has 0 rings (SSSR count). The molecule has 0 radical (unpaired) electrons. The Morgan fingerprint density at radius 1 is 0.588 bits per heavy atom. The van der Waals surface area contributed by atoms with Crippen LogP contribution in [0.15, 0.2) is 0 Å². The van der Waals surface area contributed by atoms with Crippen LogP contribution in [-0.2, 0) is 21.1 Å². The predicted molar refractivity (Wildman–Crippen MR) is 74.4 cm³/mol. The van der Waals surface area contributed by atoms with Gasteiger partial charge < -0.3 is 35.2 Å². The second-order valence-electron chi connectivity index (χ2n) is 4.08. The predicted octanol–water partition coefficient (Wildman–Crippen LogP) is 4.84. The Morgan fingerprint density at radius 3 is 0.706 bits per heavy atom. The fourth-order valence-corrected chi connectivity index (χ4v) is 1.06. The fourth-order valence-electron chi connectivity index (χ4n) is 1.06. The van der Waals surface area contributed by atoms with Gasteiger partial charge in [-0.2, -0.15) is 0 Å². The first-order valence-electron chi connectivity index (χ1n) is 5.10. The number of hydrogen-bond acceptors (Lipinski definition) is 2. The minimum absolute atomic E-state index is 0. The second-order valence-corrected chi connectivity index (χ2v) is 4.08. The average molecular weight is 429 g/mol. The Morgan fingerprint density at radius 2 is 0.706 bits per heavy atom. The summed E-state index contributed by atoms with van der Waals surface area (Å²) in [6.07, 6.45) is 1.39. The molecule has 0 bridgehead atoms. The number of nitrogens with one attached hydrogen (secondary N) is 4. The molecule has 10 N–H and O–H groups in total. The second kappa shape index (κ2) is 18.8. The fraction of sp³-hybridized carbons (Fsp3) is 1.00. The Bertz CT molecular complexity index is 93.4. The first-order valence-corrected chi connectivity index (χ1v) is 5.10. The van der Waals surface area contributed by atoms with Gasteiger partial charge in [-0.05, 0) is 0 Å². The van der Waals surface area contributed by atoms with E-state index in [-0.39, 0.29) is 57.5 Å². The van der Waals surface area contributed by atoms with E-state index in [4.69, 9.17) is 22.9 Å². The molecule has 6 nitrogen and oxygen atoms in total. The molecule has 0 aliphatic carbocycles. The number of rotatable bonds is 4. The summed E-state index contributed by atoms with van der Waals surface area (Å²) in [5, 5.41) is 0. The molecule has 0 aromatic rings. The summed E-state index contributed by atoms with van der Waals surface area (Å²) in [6, 6.07) is -0.250. The van der Waals surface area contributed by atoms with Crippen molar-refractivity contribution in [1.82, 2.24) is 12.3 Å². The summed E-state index contributed by atoms with van der Waals surface area (Å²) in [6.45, 7) is 7.24. The van der Waals surface area contributed by atoms with Crippen LogP contribution in [0.3, 0.4) is 0 Å². The molecule has 0 saturated carbocycles. The molecule has 0 amide bonds. The van der Waals surface area contributed by atoms with Crippen molar-refractivity contribution in [1.29, 1.82) is 0 Å². The first-order chi connectivity index (χ1) is 6.25. The van der Waals surface area contributed by atoms with Gasteiger partial charge in [0.1, 0.15) is 0 Å². The normalized spacial score (nSPS) is 15.5. The monoisotopic (exact) mass is 429 g/mol. The maximum atomic E-state index is 6.99. The molecule has 0 aliphatic rings. The molecular formula is C10H30N6Pt-2. The largest absolute Gasteiger partial charge is 2.00 e. The zero-order chi connectivity index (χ0) is 11.7. The van der Waals surface area contributed by atoms with Gasteiger partial charge in [0.25, 0.3) is 0 Å². The van der Waals surface area contributed by atoms with Gasteiger partial charge in [-0.1, -0.05) is 40.5 Å². The van der Waals surface area contributed by atoms with E-state index in [1.165, 1.54) is 0 Å². The molecule has 0 aromatic heterocycles. The molecule has 0 aromatic carbocycles. The summed E-state index contributed by atoms with van der Waals surface area (Å²) in [7, 11) is 0. The van der Waals surface area contributed by atoms with Crippen LogP contribution in [-0.4, -0.2) is 24.2 Å². The maximum Gasteiger partial charge on any atom is 2.00 e. The van der Waals surface area contributed by atoms with Crippen molar-refractivity contribution in [2.24, 2.45) is 0 Å². The molecular weight excluding hydrogens is 399 g/mol. The SMILES string of the molecule is CC([NH-])CC(C)[NH-].CC([NH-])CC(C)[NH-].N.N.[Pt+2]. The van der Waals surface area contributed by atoms with Crippen molar-refractivity contribution in [3.05, 3.63) is 22.9 Å². The van der Waals surface area contributed by atoms with E-state index in [1.807, 2.05) is 27.7 Å². The Labute approximate surface area is 121 Å². The van der Waals surface area contributed by atoms with Gasteiger partial charge in [-0.15, -0.1) is 24.2 Å². The van der Waals surface area contributed by atoms with Crippen molar-refractivity contribution < 1.29 is 21.1 Å². The molecule has 0 heterocycles. The van der Waals surface area contributed by atoms with E-state index in [0.717, 1.165) is 0 Å². The molecule has 0 fully saturated rings. The molecule has 4 atom stereocenters. The summed E-state index contributed by atoms with van der Waals surface area (Å²) < 4.78 is 0. The van der Waals surface area contributed by atoms with Crippen molar-refractivity contribution >= 4 is 0 Å². The van der Waals surface area contributed by atoms with E-state index in [9.17, 15) is 0 Å². The van der Waals surface area contributed by atoms with Crippen LogP contribution in [0, 0.1) is 0 Å². The molecule has 17 heavy (non-hydrogen) atoms. The topological polar surface area (TPSA) is 165 Å². The summed E-state index contributed by atoms with van der Waals surface area (Å²) >= 11 is 0. The summed E-state index contributed by atoms with van der Waals surface area (Å²) in [4.78, 5) is 0. The van der Waals surface area contributed by atoms with Gasteiger partial charge in [0.15, 0.2) is 0 Å². The van der Waals surface area contributed by atoms with Gasteiger partial charge in [-0.25, -0.2) is 0 Å². The van der Waals surface area contributed by atoms with Gasteiger partial charge in [-0.3, -0.25) is 0 Å².